The van der Waals surface area contributed by atoms with Gasteiger partial charge in [-0.25, -0.2) is 9.36 Å². The first-order valence-corrected chi connectivity index (χ1v) is 6.27. The van der Waals surface area contributed by atoms with E-state index in [4.69, 9.17) is 0 Å². The summed E-state index contributed by atoms with van der Waals surface area (Å²) >= 11 is 0. The number of benzene rings is 1. The van der Waals surface area contributed by atoms with Gasteiger partial charge in [-0.2, -0.15) is 4.99 Å². The first-order valence-electron chi connectivity index (χ1n) is 6.27. The van der Waals surface area contributed by atoms with Crippen LogP contribution in [0.15, 0.2) is 35.3 Å². The second kappa shape index (κ2) is 4.09. The molecule has 3 rings (SSSR count). The third-order valence-electron chi connectivity index (χ3n) is 3.48. The molecule has 1 aromatic heterocycles. The van der Waals surface area contributed by atoms with Crippen LogP contribution in [0.3, 0.4) is 0 Å². The van der Waals surface area contributed by atoms with Crippen molar-refractivity contribution >= 4 is 11.7 Å². The van der Waals surface area contributed by atoms with Gasteiger partial charge in [0.25, 0.3) is 0 Å². The minimum absolute atomic E-state index is 0.00828. The van der Waals surface area contributed by atoms with Crippen LogP contribution in [-0.2, 0) is 0 Å². The van der Waals surface area contributed by atoms with E-state index in [2.05, 4.69) is 4.99 Å². The maximum Gasteiger partial charge on any atom is 0.355 e. The first kappa shape index (κ1) is 11.7. The Balaban J connectivity index is 2.34. The molecule has 0 saturated carbocycles. The third-order valence-corrected chi connectivity index (χ3v) is 3.48. The quantitative estimate of drug-likeness (QED) is 0.893. The SMILES string of the molecule is CCC1=NC(=O)n2c(O)c(C)c(-c3ccccc3)c21. The molecule has 1 amide bonds. The minimum atomic E-state index is -0.408. The Morgan fingerprint density at radius 3 is 2.58 bits per heavy atom. The fraction of sp³-hybridized carbons (Fsp3) is 0.200. The number of amides is 1. The average molecular weight is 254 g/mol. The maximum atomic E-state index is 11.9. The average Bonchev–Trinajstić information content (AvgIpc) is 2.88. The molecule has 19 heavy (non-hydrogen) atoms. The molecule has 0 aliphatic carbocycles. The fourth-order valence-electron chi connectivity index (χ4n) is 2.56. The molecule has 4 nitrogen and oxygen atoms in total. The lowest BCUT2D eigenvalue weighted by molar-refractivity contribution is 0.249. The van der Waals surface area contributed by atoms with E-state index in [1.807, 2.05) is 44.2 Å². The van der Waals surface area contributed by atoms with E-state index in [-0.39, 0.29) is 5.88 Å². The fourth-order valence-corrected chi connectivity index (χ4v) is 2.56. The highest BCUT2D eigenvalue weighted by atomic mass is 16.3. The molecule has 2 aromatic rings. The van der Waals surface area contributed by atoms with Gasteiger partial charge in [0, 0.05) is 11.1 Å². The lowest BCUT2D eigenvalue weighted by atomic mass is 9.99. The van der Waals surface area contributed by atoms with Crippen LogP contribution in [0.1, 0.15) is 24.6 Å². The Hall–Kier alpha value is -2.36. The number of rotatable bonds is 2. The predicted molar refractivity (Wildman–Crippen MR) is 73.9 cm³/mol. The van der Waals surface area contributed by atoms with Gasteiger partial charge in [-0.3, -0.25) is 0 Å². The molecule has 0 bridgehead atoms. The molecule has 0 atom stereocenters. The van der Waals surface area contributed by atoms with E-state index < -0.39 is 6.03 Å². The number of carbonyl (C=O) groups excluding carboxylic acids is 1. The van der Waals surface area contributed by atoms with Crippen LogP contribution in [0.5, 0.6) is 5.88 Å². The van der Waals surface area contributed by atoms with Crippen LogP contribution in [0.4, 0.5) is 4.79 Å². The standard InChI is InChI=1S/C15H14N2O2/c1-3-11-13-12(10-7-5-4-6-8-10)9(2)14(18)17(13)15(19)16-11/h4-8,18H,3H2,1-2H3. The highest BCUT2D eigenvalue weighted by molar-refractivity contribution is 6.17. The van der Waals surface area contributed by atoms with Crippen LogP contribution in [0.2, 0.25) is 0 Å². The van der Waals surface area contributed by atoms with Crippen molar-refractivity contribution < 1.29 is 9.90 Å². The van der Waals surface area contributed by atoms with Gasteiger partial charge in [0.15, 0.2) is 0 Å². The smallest absolute Gasteiger partial charge is 0.355 e. The van der Waals surface area contributed by atoms with E-state index in [9.17, 15) is 9.90 Å². The van der Waals surface area contributed by atoms with Crippen molar-refractivity contribution in [1.82, 2.24) is 4.57 Å². The number of fused-ring (bicyclic) bond motifs is 1. The molecular weight excluding hydrogens is 240 g/mol. The van der Waals surface area contributed by atoms with Gasteiger partial charge < -0.3 is 5.11 Å². The van der Waals surface area contributed by atoms with Crippen molar-refractivity contribution in [3.05, 3.63) is 41.6 Å². The number of hydrogen-bond donors (Lipinski definition) is 1. The number of aliphatic imine (C=N–C) groups is 1. The van der Waals surface area contributed by atoms with Crippen molar-refractivity contribution in [3.63, 3.8) is 0 Å². The minimum Gasteiger partial charge on any atom is -0.494 e. The summed E-state index contributed by atoms with van der Waals surface area (Å²) in [4.78, 5) is 15.9. The predicted octanol–water partition coefficient (Wildman–Crippen LogP) is 3.35. The Morgan fingerprint density at radius 2 is 1.95 bits per heavy atom. The van der Waals surface area contributed by atoms with E-state index in [0.717, 1.165) is 28.1 Å². The van der Waals surface area contributed by atoms with Gasteiger partial charge >= 0.3 is 6.03 Å². The summed E-state index contributed by atoms with van der Waals surface area (Å²) < 4.78 is 1.30. The zero-order valence-electron chi connectivity index (χ0n) is 10.8. The zero-order valence-corrected chi connectivity index (χ0v) is 10.8. The molecule has 4 heteroatoms. The van der Waals surface area contributed by atoms with Crippen molar-refractivity contribution in [1.29, 1.82) is 0 Å². The zero-order chi connectivity index (χ0) is 13.6. The van der Waals surface area contributed by atoms with Crippen molar-refractivity contribution in [2.24, 2.45) is 4.99 Å². The molecule has 0 spiro atoms. The number of aromatic nitrogens is 1. The van der Waals surface area contributed by atoms with E-state index >= 15 is 0 Å². The van der Waals surface area contributed by atoms with Gasteiger partial charge in [0.1, 0.15) is 0 Å². The Bertz CT molecular complexity index is 697. The Labute approximate surface area is 111 Å². The lowest BCUT2D eigenvalue weighted by Gasteiger charge is -2.04. The molecule has 1 N–H and O–H groups in total. The van der Waals surface area contributed by atoms with Crippen molar-refractivity contribution in [3.8, 4) is 17.0 Å². The highest BCUT2D eigenvalue weighted by Gasteiger charge is 2.31. The van der Waals surface area contributed by atoms with E-state index in [1.54, 1.807) is 0 Å². The van der Waals surface area contributed by atoms with Gasteiger partial charge in [0.05, 0.1) is 11.4 Å². The molecule has 96 valence electrons. The highest BCUT2D eigenvalue weighted by Crippen LogP contribution is 2.39. The summed E-state index contributed by atoms with van der Waals surface area (Å²) in [5, 5.41) is 10.2. The van der Waals surface area contributed by atoms with Crippen LogP contribution in [-0.4, -0.2) is 21.4 Å². The lowest BCUT2D eigenvalue weighted by Crippen LogP contribution is -2.04. The van der Waals surface area contributed by atoms with E-state index in [0.29, 0.717) is 6.42 Å². The molecule has 1 aromatic carbocycles. The Morgan fingerprint density at radius 1 is 1.26 bits per heavy atom. The van der Waals surface area contributed by atoms with Gasteiger partial charge in [-0.1, -0.05) is 37.3 Å². The molecule has 1 aliphatic rings. The summed E-state index contributed by atoms with van der Waals surface area (Å²) in [5.74, 6) is -0.00828. The summed E-state index contributed by atoms with van der Waals surface area (Å²) in [5.41, 5.74) is 4.06. The molecule has 0 unspecified atom stereocenters. The van der Waals surface area contributed by atoms with Gasteiger partial charge in [0.2, 0.25) is 5.88 Å². The molecular formula is C15H14N2O2. The second-order valence-corrected chi connectivity index (χ2v) is 4.57. The summed E-state index contributed by atoms with van der Waals surface area (Å²) in [6.07, 6.45) is 0.661. The van der Waals surface area contributed by atoms with Gasteiger partial charge in [-0.05, 0) is 18.9 Å². The van der Waals surface area contributed by atoms with Crippen molar-refractivity contribution in [2.45, 2.75) is 20.3 Å². The molecule has 0 fully saturated rings. The van der Waals surface area contributed by atoms with Gasteiger partial charge in [-0.15, -0.1) is 0 Å². The maximum absolute atomic E-state index is 11.9. The summed E-state index contributed by atoms with van der Waals surface area (Å²) in [7, 11) is 0. The van der Waals surface area contributed by atoms with Crippen LogP contribution < -0.4 is 0 Å². The number of aromatic hydroxyl groups is 1. The molecule has 0 saturated heterocycles. The van der Waals surface area contributed by atoms with Crippen LogP contribution in [0, 0.1) is 6.92 Å². The third kappa shape index (κ3) is 1.53. The van der Waals surface area contributed by atoms with Crippen LogP contribution >= 0.6 is 0 Å². The number of hydrogen-bond acceptors (Lipinski definition) is 2. The molecule has 0 radical (unpaired) electrons. The second-order valence-electron chi connectivity index (χ2n) is 4.57. The molecule has 1 aliphatic heterocycles. The molecule has 2 heterocycles. The normalized spacial score (nSPS) is 13.6. The monoisotopic (exact) mass is 254 g/mol. The largest absolute Gasteiger partial charge is 0.494 e. The van der Waals surface area contributed by atoms with Crippen LogP contribution in [0.25, 0.3) is 11.1 Å². The summed E-state index contributed by atoms with van der Waals surface area (Å²) in [6, 6.07) is 9.35. The topological polar surface area (TPSA) is 54.6 Å². The van der Waals surface area contributed by atoms with Crippen molar-refractivity contribution in [2.75, 3.05) is 0 Å². The number of nitrogens with zero attached hydrogens (tertiary/aromatic N) is 2. The van der Waals surface area contributed by atoms with E-state index in [1.165, 1.54) is 4.57 Å². The first-order chi connectivity index (χ1) is 9.15. The number of carbonyl (C=O) groups is 1. The Kier molecular flexibility index (Phi) is 2.52. The summed E-state index contributed by atoms with van der Waals surface area (Å²) in [6.45, 7) is 3.78.